The summed E-state index contributed by atoms with van der Waals surface area (Å²) < 4.78 is 0. The highest BCUT2D eigenvalue weighted by molar-refractivity contribution is 6.98. The number of aryl methyl sites for hydroxylation is 3. The molecule has 2 heteroatoms. The molecule has 0 unspecified atom stereocenters. The minimum atomic E-state index is 0.187. The number of fused-ring (bicyclic) bond motifs is 2. The number of anilines is 3. The van der Waals surface area contributed by atoms with Gasteiger partial charge in [0.15, 0.2) is 0 Å². The van der Waals surface area contributed by atoms with Gasteiger partial charge in [0.2, 0.25) is 6.71 Å². The average Bonchev–Trinajstić information content (AvgIpc) is 2.89. The zero-order valence-corrected chi connectivity index (χ0v) is 20.5. The molecule has 0 N–H and O–H groups in total. The number of para-hydroxylation sites is 1. The highest BCUT2D eigenvalue weighted by Crippen LogP contribution is 2.37. The summed E-state index contributed by atoms with van der Waals surface area (Å²) in [6.07, 6.45) is 0. The number of hydrogen-bond acceptors (Lipinski definition) is 1. The molecule has 0 bridgehead atoms. The van der Waals surface area contributed by atoms with Crippen LogP contribution in [-0.4, -0.2) is 6.71 Å². The minimum Gasteiger partial charge on any atom is -0.312 e. The third-order valence-electron chi connectivity index (χ3n) is 7.27. The summed E-state index contributed by atoms with van der Waals surface area (Å²) in [5.41, 5.74) is 14.3. The molecule has 0 atom stereocenters. The normalized spacial score (nSPS) is 12.3. The van der Waals surface area contributed by atoms with Crippen LogP contribution in [0.15, 0.2) is 115 Å². The van der Waals surface area contributed by atoms with E-state index in [1.807, 2.05) is 0 Å². The summed E-state index contributed by atoms with van der Waals surface area (Å²) in [6, 6.07) is 42.0. The van der Waals surface area contributed by atoms with Gasteiger partial charge in [-0.05, 0) is 72.7 Å². The summed E-state index contributed by atoms with van der Waals surface area (Å²) in [7, 11) is 0. The van der Waals surface area contributed by atoms with Gasteiger partial charge in [0.1, 0.15) is 0 Å². The molecule has 5 aromatic rings. The van der Waals surface area contributed by atoms with E-state index in [1.165, 1.54) is 61.3 Å². The first-order valence-corrected chi connectivity index (χ1v) is 12.3. The molecular weight excluding hydrogens is 421 g/mol. The summed E-state index contributed by atoms with van der Waals surface area (Å²) in [5.74, 6) is 0. The molecule has 0 saturated heterocycles. The SMILES string of the molecule is Cc1ccc2c(c1)N(c1ccccc1)c1cccc(C)c1B2c1ccc(-c2ccccc2)cc1C. The maximum Gasteiger partial charge on any atom is 0.247 e. The van der Waals surface area contributed by atoms with Crippen molar-refractivity contribution in [2.24, 2.45) is 0 Å². The molecule has 5 aromatic carbocycles. The predicted octanol–water partition coefficient (Wildman–Crippen LogP) is 6.58. The Kier molecular flexibility index (Phi) is 5.30. The van der Waals surface area contributed by atoms with Crippen LogP contribution in [0.5, 0.6) is 0 Å². The first-order valence-electron chi connectivity index (χ1n) is 12.3. The van der Waals surface area contributed by atoms with Gasteiger partial charge in [-0.15, -0.1) is 0 Å². The topological polar surface area (TPSA) is 3.24 Å². The van der Waals surface area contributed by atoms with E-state index in [-0.39, 0.29) is 6.71 Å². The Labute approximate surface area is 208 Å². The molecule has 1 nitrogen and oxygen atoms in total. The largest absolute Gasteiger partial charge is 0.312 e. The van der Waals surface area contributed by atoms with Crippen LogP contribution < -0.4 is 21.3 Å². The first kappa shape index (κ1) is 21.5. The molecule has 0 amide bonds. The number of rotatable bonds is 3. The predicted molar refractivity (Wildman–Crippen MR) is 152 cm³/mol. The lowest BCUT2D eigenvalue weighted by Crippen LogP contribution is -2.58. The van der Waals surface area contributed by atoms with Crippen molar-refractivity contribution >= 4 is 40.2 Å². The summed E-state index contributed by atoms with van der Waals surface area (Å²) >= 11 is 0. The third-order valence-corrected chi connectivity index (χ3v) is 7.27. The van der Waals surface area contributed by atoms with Crippen molar-refractivity contribution in [3.63, 3.8) is 0 Å². The van der Waals surface area contributed by atoms with E-state index in [0.29, 0.717) is 0 Å². The zero-order valence-electron chi connectivity index (χ0n) is 20.5. The van der Waals surface area contributed by atoms with Gasteiger partial charge < -0.3 is 4.90 Å². The van der Waals surface area contributed by atoms with Crippen molar-refractivity contribution in [3.05, 3.63) is 132 Å². The molecule has 0 aliphatic carbocycles. The van der Waals surface area contributed by atoms with Crippen LogP contribution in [0.1, 0.15) is 16.7 Å². The Morgan fingerprint density at radius 1 is 0.514 bits per heavy atom. The van der Waals surface area contributed by atoms with Crippen LogP contribution in [0.25, 0.3) is 11.1 Å². The quantitative estimate of drug-likeness (QED) is 0.276. The average molecular weight is 449 g/mol. The van der Waals surface area contributed by atoms with Gasteiger partial charge in [0.25, 0.3) is 0 Å². The lowest BCUT2D eigenvalue weighted by Gasteiger charge is -2.38. The Hall–Kier alpha value is -4.04. The molecule has 0 saturated carbocycles. The maximum atomic E-state index is 2.44. The smallest absolute Gasteiger partial charge is 0.247 e. The van der Waals surface area contributed by atoms with E-state index in [2.05, 4.69) is 141 Å². The van der Waals surface area contributed by atoms with Gasteiger partial charge in [-0.2, -0.15) is 0 Å². The van der Waals surface area contributed by atoms with E-state index in [1.54, 1.807) is 0 Å². The van der Waals surface area contributed by atoms with E-state index >= 15 is 0 Å². The second-order valence-electron chi connectivity index (χ2n) is 9.61. The third kappa shape index (κ3) is 3.66. The van der Waals surface area contributed by atoms with Crippen molar-refractivity contribution in [2.75, 3.05) is 4.90 Å². The minimum absolute atomic E-state index is 0.187. The van der Waals surface area contributed by atoms with Crippen LogP contribution in [0.3, 0.4) is 0 Å². The molecule has 168 valence electrons. The second-order valence-corrected chi connectivity index (χ2v) is 9.61. The van der Waals surface area contributed by atoms with Crippen molar-refractivity contribution in [3.8, 4) is 11.1 Å². The van der Waals surface area contributed by atoms with Crippen molar-refractivity contribution in [1.82, 2.24) is 0 Å². The monoisotopic (exact) mass is 449 g/mol. The Balaban J connectivity index is 1.59. The van der Waals surface area contributed by atoms with E-state index in [4.69, 9.17) is 0 Å². The highest BCUT2D eigenvalue weighted by atomic mass is 15.1. The van der Waals surface area contributed by atoms with Gasteiger partial charge in [0, 0.05) is 17.1 Å². The van der Waals surface area contributed by atoms with Crippen LogP contribution in [-0.2, 0) is 0 Å². The van der Waals surface area contributed by atoms with Gasteiger partial charge in [-0.1, -0.05) is 108 Å². The van der Waals surface area contributed by atoms with E-state index in [9.17, 15) is 0 Å². The van der Waals surface area contributed by atoms with E-state index in [0.717, 1.165) is 0 Å². The second kappa shape index (κ2) is 8.63. The summed E-state index contributed by atoms with van der Waals surface area (Å²) in [4.78, 5) is 2.44. The molecule has 1 aliphatic heterocycles. The van der Waals surface area contributed by atoms with Crippen LogP contribution in [0.4, 0.5) is 17.1 Å². The Morgan fingerprint density at radius 3 is 1.97 bits per heavy atom. The lowest BCUT2D eigenvalue weighted by atomic mass is 9.34. The van der Waals surface area contributed by atoms with Crippen molar-refractivity contribution < 1.29 is 0 Å². The number of hydrogen-bond donors (Lipinski definition) is 0. The van der Waals surface area contributed by atoms with Crippen LogP contribution >= 0.6 is 0 Å². The lowest BCUT2D eigenvalue weighted by molar-refractivity contribution is 1.27. The van der Waals surface area contributed by atoms with E-state index < -0.39 is 0 Å². The molecule has 6 rings (SSSR count). The fraction of sp³-hybridized carbons (Fsp3) is 0.0909. The van der Waals surface area contributed by atoms with Gasteiger partial charge in [0.05, 0.1) is 0 Å². The number of benzene rings is 5. The number of nitrogens with zero attached hydrogens (tertiary/aromatic N) is 1. The van der Waals surface area contributed by atoms with Gasteiger partial charge >= 0.3 is 0 Å². The fourth-order valence-corrected chi connectivity index (χ4v) is 5.60. The highest BCUT2D eigenvalue weighted by Gasteiger charge is 2.36. The fourth-order valence-electron chi connectivity index (χ4n) is 5.60. The first-order chi connectivity index (χ1) is 17.1. The molecule has 0 radical (unpaired) electrons. The Morgan fingerprint density at radius 2 is 1.23 bits per heavy atom. The van der Waals surface area contributed by atoms with Crippen LogP contribution in [0.2, 0.25) is 0 Å². The molecule has 0 aromatic heterocycles. The zero-order chi connectivity index (χ0) is 23.9. The standard InChI is InChI=1S/C33H28BN/c1-23-17-19-30-32(21-23)35(28-14-8-5-9-15-28)31-16-10-11-24(2)33(31)34(30)29-20-18-27(22-25(29)3)26-12-6-4-7-13-26/h4-22H,1-3H3. The Bertz CT molecular complexity index is 1520. The molecule has 0 spiro atoms. The van der Waals surface area contributed by atoms with Crippen molar-refractivity contribution in [1.29, 1.82) is 0 Å². The molecule has 0 fully saturated rings. The van der Waals surface area contributed by atoms with Crippen LogP contribution in [0, 0.1) is 20.8 Å². The van der Waals surface area contributed by atoms with Gasteiger partial charge in [-0.25, -0.2) is 0 Å². The maximum absolute atomic E-state index is 2.44. The summed E-state index contributed by atoms with van der Waals surface area (Å²) in [6.45, 7) is 6.88. The molecular formula is C33H28BN. The molecule has 1 heterocycles. The molecule has 35 heavy (non-hydrogen) atoms. The summed E-state index contributed by atoms with van der Waals surface area (Å²) in [5, 5.41) is 0. The van der Waals surface area contributed by atoms with Gasteiger partial charge in [-0.3, -0.25) is 0 Å². The molecule has 1 aliphatic rings. The van der Waals surface area contributed by atoms with Crippen molar-refractivity contribution in [2.45, 2.75) is 20.8 Å².